The Hall–Kier alpha value is -6.00. The van der Waals surface area contributed by atoms with Crippen molar-refractivity contribution in [3.8, 4) is 0 Å². The first kappa shape index (κ1) is 32.4. The Kier molecular flexibility index (Phi) is 10.6. The predicted molar refractivity (Wildman–Crippen MR) is 185 cm³/mol. The van der Waals surface area contributed by atoms with E-state index in [9.17, 15) is 24.5 Å². The summed E-state index contributed by atoms with van der Waals surface area (Å²) < 4.78 is 0. The van der Waals surface area contributed by atoms with Crippen molar-refractivity contribution in [3.63, 3.8) is 0 Å². The van der Waals surface area contributed by atoms with Crippen molar-refractivity contribution in [2.24, 2.45) is 0 Å². The van der Waals surface area contributed by atoms with Gasteiger partial charge in [0.2, 0.25) is 5.91 Å². The van der Waals surface area contributed by atoms with Crippen molar-refractivity contribution < 1.29 is 19.3 Å². The number of benzene rings is 5. The number of anilines is 2. The van der Waals surface area contributed by atoms with Gasteiger partial charge >= 0.3 is 0 Å². The summed E-state index contributed by atoms with van der Waals surface area (Å²) >= 11 is 1.32. The van der Waals surface area contributed by atoms with Crippen LogP contribution in [0, 0.1) is 17.0 Å². The van der Waals surface area contributed by atoms with E-state index >= 15 is 0 Å². The molecule has 0 saturated heterocycles. The lowest BCUT2D eigenvalue weighted by atomic mass is 10.1. The van der Waals surface area contributed by atoms with E-state index in [1.807, 2.05) is 67.6 Å². The zero-order valence-corrected chi connectivity index (χ0v) is 26.1. The average molecular weight is 643 g/mol. The molecule has 0 spiro atoms. The number of nitrogens with one attached hydrogen (secondary N) is 3. The van der Waals surface area contributed by atoms with Gasteiger partial charge in [-0.3, -0.25) is 24.5 Å². The van der Waals surface area contributed by atoms with E-state index in [1.54, 1.807) is 54.6 Å². The third-order valence-electron chi connectivity index (χ3n) is 6.93. The van der Waals surface area contributed by atoms with Gasteiger partial charge in [0.15, 0.2) is 0 Å². The van der Waals surface area contributed by atoms with Crippen LogP contribution < -0.4 is 16.0 Å². The van der Waals surface area contributed by atoms with Gasteiger partial charge in [0.1, 0.15) is 10.9 Å². The summed E-state index contributed by atoms with van der Waals surface area (Å²) in [5, 5.41) is 18.8. The molecule has 10 heteroatoms. The summed E-state index contributed by atoms with van der Waals surface area (Å²) in [6.45, 7) is 1.95. The van der Waals surface area contributed by atoms with Gasteiger partial charge in [0.05, 0.1) is 4.92 Å². The topological polar surface area (TPSA) is 130 Å². The Morgan fingerprint density at radius 3 is 2.00 bits per heavy atom. The van der Waals surface area contributed by atoms with Crippen LogP contribution >= 0.6 is 11.8 Å². The molecule has 9 nitrogen and oxygen atoms in total. The van der Waals surface area contributed by atoms with Gasteiger partial charge in [-0.25, -0.2) is 0 Å². The van der Waals surface area contributed by atoms with Crippen LogP contribution in [0.25, 0.3) is 6.08 Å². The van der Waals surface area contributed by atoms with E-state index in [2.05, 4.69) is 16.0 Å². The fraction of sp³-hybridized carbons (Fsp3) is 0.0541. The summed E-state index contributed by atoms with van der Waals surface area (Å²) in [6.07, 6.45) is 1.63. The minimum Gasteiger partial charge on any atom is -0.325 e. The van der Waals surface area contributed by atoms with E-state index in [0.717, 1.165) is 21.6 Å². The van der Waals surface area contributed by atoms with Crippen LogP contribution in [0.4, 0.5) is 17.1 Å². The van der Waals surface area contributed by atoms with Crippen LogP contribution in [0.1, 0.15) is 32.3 Å². The monoisotopic (exact) mass is 642 g/mol. The molecule has 0 radical (unpaired) electrons. The zero-order valence-electron chi connectivity index (χ0n) is 25.3. The maximum Gasteiger partial charge on any atom is 0.272 e. The molecule has 3 N–H and O–H groups in total. The smallest absolute Gasteiger partial charge is 0.272 e. The number of nitro benzene ring substituents is 1. The Balaban J connectivity index is 1.32. The molecule has 5 rings (SSSR count). The molecule has 0 aromatic heterocycles. The normalized spacial score (nSPS) is 11.6. The van der Waals surface area contributed by atoms with Crippen molar-refractivity contribution in [2.75, 3.05) is 10.6 Å². The van der Waals surface area contributed by atoms with E-state index in [-0.39, 0.29) is 17.3 Å². The SMILES string of the molecule is Cc1cccc(/C=C(\NC(=O)c2ccccc2)C(=O)Nc2ccc(SC(C(=O)Nc3ccc([N+](=O)[O-])cc3)c3ccccc3)cc2)c1. The zero-order chi connectivity index (χ0) is 33.2. The number of non-ortho nitro benzene ring substituents is 1. The molecule has 47 heavy (non-hydrogen) atoms. The van der Waals surface area contributed by atoms with Crippen LogP contribution in [0.2, 0.25) is 0 Å². The molecular weight excluding hydrogens is 612 g/mol. The molecule has 5 aromatic rings. The molecule has 5 aromatic carbocycles. The van der Waals surface area contributed by atoms with Gasteiger partial charge in [0.25, 0.3) is 17.5 Å². The van der Waals surface area contributed by atoms with E-state index in [4.69, 9.17) is 0 Å². The van der Waals surface area contributed by atoms with Crippen LogP contribution in [0.5, 0.6) is 0 Å². The van der Waals surface area contributed by atoms with Crippen LogP contribution in [0.15, 0.2) is 144 Å². The number of hydrogen-bond acceptors (Lipinski definition) is 6. The lowest BCUT2D eigenvalue weighted by Crippen LogP contribution is -2.30. The number of thioether (sulfide) groups is 1. The number of nitrogens with zero attached hydrogens (tertiary/aromatic N) is 1. The molecule has 0 aliphatic carbocycles. The Labute approximate surface area is 275 Å². The highest BCUT2D eigenvalue weighted by atomic mass is 32.2. The van der Waals surface area contributed by atoms with Gasteiger partial charge < -0.3 is 16.0 Å². The second-order valence-electron chi connectivity index (χ2n) is 10.5. The van der Waals surface area contributed by atoms with Gasteiger partial charge in [-0.05, 0) is 72.7 Å². The molecule has 234 valence electrons. The Morgan fingerprint density at radius 2 is 1.36 bits per heavy atom. The molecule has 3 amide bonds. The Bertz CT molecular complexity index is 1910. The largest absolute Gasteiger partial charge is 0.325 e. The van der Waals surface area contributed by atoms with Crippen molar-refractivity contribution in [2.45, 2.75) is 17.1 Å². The van der Waals surface area contributed by atoms with Crippen LogP contribution in [0.3, 0.4) is 0 Å². The number of nitro groups is 1. The molecule has 0 aliphatic heterocycles. The number of amides is 3. The highest BCUT2D eigenvalue weighted by molar-refractivity contribution is 8.00. The first-order valence-corrected chi connectivity index (χ1v) is 15.5. The third-order valence-corrected chi connectivity index (χ3v) is 8.20. The molecule has 0 bridgehead atoms. The molecular formula is C37H30N4O5S. The second-order valence-corrected chi connectivity index (χ2v) is 11.7. The summed E-state index contributed by atoms with van der Waals surface area (Å²) in [4.78, 5) is 51.1. The Morgan fingerprint density at radius 1 is 0.745 bits per heavy atom. The molecule has 0 fully saturated rings. The molecule has 0 heterocycles. The summed E-state index contributed by atoms with van der Waals surface area (Å²) in [7, 11) is 0. The first-order valence-electron chi connectivity index (χ1n) is 14.6. The fourth-order valence-corrected chi connectivity index (χ4v) is 5.62. The molecule has 1 atom stereocenters. The number of aryl methyl sites for hydroxylation is 1. The summed E-state index contributed by atoms with van der Waals surface area (Å²) in [5.74, 6) is -1.21. The fourth-order valence-electron chi connectivity index (χ4n) is 4.60. The minimum atomic E-state index is -0.635. The van der Waals surface area contributed by atoms with Crippen molar-refractivity contribution in [3.05, 3.63) is 172 Å². The maximum absolute atomic E-state index is 13.4. The van der Waals surface area contributed by atoms with Crippen molar-refractivity contribution >= 4 is 52.6 Å². The van der Waals surface area contributed by atoms with Crippen molar-refractivity contribution in [1.29, 1.82) is 0 Å². The minimum absolute atomic E-state index is 0.0690. The number of rotatable bonds is 11. The number of carbonyl (C=O) groups excluding carboxylic acids is 3. The summed E-state index contributed by atoms with van der Waals surface area (Å²) in [5.41, 5.74) is 3.90. The van der Waals surface area contributed by atoms with Gasteiger partial charge in [-0.15, -0.1) is 11.8 Å². The molecule has 1 unspecified atom stereocenters. The number of carbonyl (C=O) groups is 3. The van der Waals surface area contributed by atoms with Crippen LogP contribution in [-0.4, -0.2) is 22.6 Å². The summed E-state index contributed by atoms with van der Waals surface area (Å²) in [6, 6.07) is 38.2. The van der Waals surface area contributed by atoms with Crippen molar-refractivity contribution in [1.82, 2.24) is 5.32 Å². The van der Waals surface area contributed by atoms with Gasteiger partial charge in [0, 0.05) is 34.0 Å². The standard InChI is InChI=1S/C37H30N4O5S/c1-25-9-8-10-26(23-25)24-33(40-35(42)28-13-6-3-7-14-28)36(43)38-30-17-21-32(22-18-30)47-34(27-11-4-2-5-12-27)37(44)39-29-15-19-31(20-16-29)41(45)46/h2-24,34H,1H3,(H,38,43)(H,39,44)(H,40,42)/b33-24-. The van der Waals surface area contributed by atoms with E-state index in [1.165, 1.54) is 36.0 Å². The van der Waals surface area contributed by atoms with Gasteiger partial charge in [-0.2, -0.15) is 0 Å². The van der Waals surface area contributed by atoms with E-state index in [0.29, 0.717) is 16.9 Å². The highest BCUT2D eigenvalue weighted by Gasteiger charge is 2.23. The van der Waals surface area contributed by atoms with Gasteiger partial charge in [-0.1, -0.05) is 78.4 Å². The lowest BCUT2D eigenvalue weighted by molar-refractivity contribution is -0.384. The maximum atomic E-state index is 13.4. The quantitative estimate of drug-likeness (QED) is 0.0584. The predicted octanol–water partition coefficient (Wildman–Crippen LogP) is 7.78. The van der Waals surface area contributed by atoms with E-state index < -0.39 is 22.0 Å². The van der Waals surface area contributed by atoms with Crippen LogP contribution in [-0.2, 0) is 9.59 Å². The second kappa shape index (κ2) is 15.3. The number of hydrogen-bond donors (Lipinski definition) is 3. The highest BCUT2D eigenvalue weighted by Crippen LogP contribution is 2.37. The third kappa shape index (κ3) is 9.03. The molecule has 0 aliphatic rings. The molecule has 0 saturated carbocycles. The first-order chi connectivity index (χ1) is 22.7. The lowest BCUT2D eigenvalue weighted by Gasteiger charge is -2.17. The average Bonchev–Trinajstić information content (AvgIpc) is 3.08.